The van der Waals surface area contributed by atoms with Crippen molar-refractivity contribution in [3.05, 3.63) is 29.8 Å². The second kappa shape index (κ2) is 10.8. The first-order chi connectivity index (χ1) is 12.6. The van der Waals surface area contributed by atoms with Gasteiger partial charge in [-0.25, -0.2) is 0 Å². The number of nitrogens with zero attached hydrogens (tertiary/aromatic N) is 1. The molecule has 1 fully saturated rings. The van der Waals surface area contributed by atoms with Crippen LogP contribution in [0.2, 0.25) is 0 Å². The molecule has 1 heterocycles. The average molecular weight is 361 g/mol. The zero-order valence-electron chi connectivity index (χ0n) is 15.9. The molecule has 0 bridgehead atoms. The van der Waals surface area contributed by atoms with Gasteiger partial charge in [0.2, 0.25) is 5.91 Å². The second-order valence-corrected chi connectivity index (χ2v) is 6.87. The van der Waals surface area contributed by atoms with E-state index in [0.29, 0.717) is 18.7 Å². The predicted molar refractivity (Wildman–Crippen MR) is 102 cm³/mol. The number of hydrogen-bond acceptors (Lipinski definition) is 4. The van der Waals surface area contributed by atoms with Gasteiger partial charge in [0.1, 0.15) is 5.75 Å². The van der Waals surface area contributed by atoms with E-state index < -0.39 is 0 Å². The summed E-state index contributed by atoms with van der Waals surface area (Å²) in [5, 5.41) is 5.51. The van der Waals surface area contributed by atoms with Crippen LogP contribution in [-0.4, -0.2) is 56.0 Å². The van der Waals surface area contributed by atoms with Gasteiger partial charge in [-0.15, -0.1) is 0 Å². The normalized spacial score (nSPS) is 15.5. The SMILES string of the molecule is CCOc1ccc(C(=O)NCC(=O)NCCCN2CCC(C)CC2)cc1. The van der Waals surface area contributed by atoms with E-state index in [-0.39, 0.29) is 18.4 Å². The lowest BCUT2D eigenvalue weighted by molar-refractivity contribution is -0.120. The zero-order chi connectivity index (χ0) is 18.8. The van der Waals surface area contributed by atoms with E-state index >= 15 is 0 Å². The molecule has 1 aromatic carbocycles. The molecule has 0 aromatic heterocycles. The summed E-state index contributed by atoms with van der Waals surface area (Å²) in [6.45, 7) is 8.77. The molecule has 1 aromatic rings. The van der Waals surface area contributed by atoms with Crippen molar-refractivity contribution >= 4 is 11.8 Å². The zero-order valence-corrected chi connectivity index (χ0v) is 15.9. The van der Waals surface area contributed by atoms with Crippen LogP contribution in [0.4, 0.5) is 0 Å². The summed E-state index contributed by atoms with van der Waals surface area (Å²) in [7, 11) is 0. The van der Waals surface area contributed by atoms with Crippen LogP contribution in [0.25, 0.3) is 0 Å². The van der Waals surface area contributed by atoms with Crippen molar-refractivity contribution in [1.82, 2.24) is 15.5 Å². The molecule has 2 amide bonds. The highest BCUT2D eigenvalue weighted by Gasteiger charge is 2.15. The maximum atomic E-state index is 12.0. The summed E-state index contributed by atoms with van der Waals surface area (Å²) in [5.41, 5.74) is 0.514. The second-order valence-electron chi connectivity index (χ2n) is 6.87. The standard InChI is InChI=1S/C20H31N3O3/c1-3-26-18-7-5-17(6-8-18)20(25)22-15-19(24)21-11-4-12-23-13-9-16(2)10-14-23/h5-8,16H,3-4,9-15H2,1-2H3,(H,21,24)(H,22,25). The lowest BCUT2D eigenvalue weighted by atomic mass is 9.99. The highest BCUT2D eigenvalue weighted by atomic mass is 16.5. The summed E-state index contributed by atoms with van der Waals surface area (Å²) in [5.74, 6) is 1.15. The van der Waals surface area contributed by atoms with Crippen molar-refractivity contribution in [2.75, 3.05) is 39.3 Å². The first kappa shape index (κ1) is 20.2. The Hall–Kier alpha value is -2.08. The van der Waals surface area contributed by atoms with E-state index in [1.165, 1.54) is 12.8 Å². The molecule has 6 heteroatoms. The Kier molecular flexibility index (Phi) is 8.41. The van der Waals surface area contributed by atoms with E-state index in [4.69, 9.17) is 4.74 Å². The third kappa shape index (κ3) is 7.04. The Morgan fingerprint density at radius 1 is 1.15 bits per heavy atom. The minimum absolute atomic E-state index is 0.00667. The van der Waals surface area contributed by atoms with E-state index in [1.807, 2.05) is 6.92 Å². The summed E-state index contributed by atoms with van der Waals surface area (Å²) in [4.78, 5) is 26.4. The molecule has 0 saturated carbocycles. The van der Waals surface area contributed by atoms with Gasteiger partial charge in [-0.2, -0.15) is 0 Å². The van der Waals surface area contributed by atoms with Crippen molar-refractivity contribution in [3.8, 4) is 5.75 Å². The molecule has 1 aliphatic heterocycles. The number of nitrogens with one attached hydrogen (secondary N) is 2. The van der Waals surface area contributed by atoms with Gasteiger partial charge in [-0.05, 0) is 76.0 Å². The third-order valence-corrected chi connectivity index (χ3v) is 4.69. The van der Waals surface area contributed by atoms with Crippen LogP contribution < -0.4 is 15.4 Å². The third-order valence-electron chi connectivity index (χ3n) is 4.69. The number of likely N-dealkylation sites (tertiary alicyclic amines) is 1. The fourth-order valence-electron chi connectivity index (χ4n) is 3.01. The molecule has 1 aliphatic rings. The molecule has 2 rings (SSSR count). The van der Waals surface area contributed by atoms with Gasteiger partial charge in [0.25, 0.3) is 5.91 Å². The van der Waals surface area contributed by atoms with Crippen LogP contribution in [0.1, 0.15) is 43.5 Å². The van der Waals surface area contributed by atoms with E-state index in [2.05, 4.69) is 22.5 Å². The molecule has 0 spiro atoms. The monoisotopic (exact) mass is 361 g/mol. The molecule has 0 radical (unpaired) electrons. The minimum Gasteiger partial charge on any atom is -0.494 e. The van der Waals surface area contributed by atoms with Crippen LogP contribution >= 0.6 is 0 Å². The Morgan fingerprint density at radius 2 is 1.85 bits per heavy atom. The van der Waals surface area contributed by atoms with E-state index in [1.54, 1.807) is 24.3 Å². The molecule has 6 nitrogen and oxygen atoms in total. The van der Waals surface area contributed by atoms with Gasteiger partial charge in [-0.1, -0.05) is 6.92 Å². The van der Waals surface area contributed by atoms with Gasteiger partial charge in [0.15, 0.2) is 0 Å². The van der Waals surface area contributed by atoms with Gasteiger partial charge in [0, 0.05) is 12.1 Å². The number of piperidine rings is 1. The van der Waals surface area contributed by atoms with Crippen molar-refractivity contribution in [3.63, 3.8) is 0 Å². The molecular weight excluding hydrogens is 330 g/mol. The molecular formula is C20H31N3O3. The first-order valence-corrected chi connectivity index (χ1v) is 9.58. The van der Waals surface area contributed by atoms with Crippen LogP contribution in [0.5, 0.6) is 5.75 Å². The first-order valence-electron chi connectivity index (χ1n) is 9.58. The average Bonchev–Trinajstić information content (AvgIpc) is 2.65. The van der Waals surface area contributed by atoms with E-state index in [0.717, 1.165) is 37.7 Å². The summed E-state index contributed by atoms with van der Waals surface area (Å²) < 4.78 is 5.34. The molecule has 0 unspecified atom stereocenters. The smallest absolute Gasteiger partial charge is 0.251 e. The Labute approximate surface area is 156 Å². The molecule has 0 aliphatic carbocycles. The highest BCUT2D eigenvalue weighted by Crippen LogP contribution is 2.15. The highest BCUT2D eigenvalue weighted by molar-refractivity contribution is 5.96. The Morgan fingerprint density at radius 3 is 2.50 bits per heavy atom. The number of rotatable bonds is 9. The molecule has 1 saturated heterocycles. The topological polar surface area (TPSA) is 70.7 Å². The number of ether oxygens (including phenoxy) is 1. The maximum absolute atomic E-state index is 12.0. The fourth-order valence-corrected chi connectivity index (χ4v) is 3.01. The number of carbonyl (C=O) groups is 2. The molecule has 26 heavy (non-hydrogen) atoms. The van der Waals surface area contributed by atoms with E-state index in [9.17, 15) is 9.59 Å². The van der Waals surface area contributed by atoms with Crippen molar-refractivity contribution < 1.29 is 14.3 Å². The van der Waals surface area contributed by atoms with Crippen LogP contribution in [0, 0.1) is 5.92 Å². The molecule has 2 N–H and O–H groups in total. The summed E-state index contributed by atoms with van der Waals surface area (Å²) in [6, 6.07) is 6.88. The van der Waals surface area contributed by atoms with Gasteiger partial charge in [-0.3, -0.25) is 9.59 Å². The number of benzene rings is 1. The molecule has 0 atom stereocenters. The van der Waals surface area contributed by atoms with Crippen molar-refractivity contribution in [1.29, 1.82) is 0 Å². The van der Waals surface area contributed by atoms with Gasteiger partial charge < -0.3 is 20.3 Å². The Balaban J connectivity index is 1.58. The lowest BCUT2D eigenvalue weighted by Crippen LogP contribution is -2.39. The Bertz CT molecular complexity index is 566. The largest absolute Gasteiger partial charge is 0.494 e. The van der Waals surface area contributed by atoms with Crippen LogP contribution in [0.3, 0.4) is 0 Å². The summed E-state index contributed by atoms with van der Waals surface area (Å²) in [6.07, 6.45) is 3.47. The lowest BCUT2D eigenvalue weighted by Gasteiger charge is -2.30. The quantitative estimate of drug-likeness (QED) is 0.661. The maximum Gasteiger partial charge on any atom is 0.251 e. The predicted octanol–water partition coefficient (Wildman–Crippen LogP) is 2.05. The number of hydrogen-bond donors (Lipinski definition) is 2. The van der Waals surface area contributed by atoms with Crippen molar-refractivity contribution in [2.24, 2.45) is 5.92 Å². The number of carbonyl (C=O) groups excluding carboxylic acids is 2. The van der Waals surface area contributed by atoms with Gasteiger partial charge >= 0.3 is 0 Å². The van der Waals surface area contributed by atoms with Crippen molar-refractivity contribution in [2.45, 2.75) is 33.1 Å². The fraction of sp³-hybridized carbons (Fsp3) is 0.600. The minimum atomic E-state index is -0.259. The summed E-state index contributed by atoms with van der Waals surface area (Å²) >= 11 is 0. The number of amides is 2. The van der Waals surface area contributed by atoms with Crippen LogP contribution in [0.15, 0.2) is 24.3 Å². The molecule has 144 valence electrons. The van der Waals surface area contributed by atoms with Crippen LogP contribution in [-0.2, 0) is 4.79 Å². The van der Waals surface area contributed by atoms with Gasteiger partial charge in [0.05, 0.1) is 13.2 Å².